The van der Waals surface area contributed by atoms with E-state index in [9.17, 15) is 10.1 Å². The molecule has 0 spiro atoms. The Bertz CT molecular complexity index is 405. The van der Waals surface area contributed by atoms with Crippen LogP contribution in [-0.2, 0) is 0 Å². The second-order valence-electron chi connectivity index (χ2n) is 4.42. The Balaban J connectivity index is 2.84. The van der Waals surface area contributed by atoms with Gasteiger partial charge in [-0.3, -0.25) is 10.1 Å². The van der Waals surface area contributed by atoms with Crippen molar-refractivity contribution in [1.29, 1.82) is 0 Å². The molecular weight excluding hydrogens is 218 g/mol. The van der Waals surface area contributed by atoms with E-state index in [2.05, 4.69) is 17.1 Å². The third-order valence-corrected chi connectivity index (χ3v) is 2.89. The van der Waals surface area contributed by atoms with Crippen molar-refractivity contribution in [2.45, 2.75) is 19.9 Å². The maximum absolute atomic E-state index is 11.0. The SMILES string of the molecule is Cc1cccc(NCC(C)N(C)C)c1[N+](=O)[O-]. The number of hydrogen-bond acceptors (Lipinski definition) is 4. The van der Waals surface area contributed by atoms with Gasteiger partial charge in [-0.2, -0.15) is 0 Å². The summed E-state index contributed by atoms with van der Waals surface area (Å²) in [5.74, 6) is 0. The molecule has 5 nitrogen and oxygen atoms in total. The molecule has 0 amide bonds. The Morgan fingerprint density at radius 2 is 2.12 bits per heavy atom. The summed E-state index contributed by atoms with van der Waals surface area (Å²) >= 11 is 0. The quantitative estimate of drug-likeness (QED) is 0.630. The molecule has 5 heteroatoms. The number of nitro groups is 1. The van der Waals surface area contributed by atoms with E-state index in [1.54, 1.807) is 19.1 Å². The van der Waals surface area contributed by atoms with E-state index < -0.39 is 0 Å². The lowest BCUT2D eigenvalue weighted by Gasteiger charge is -2.20. The van der Waals surface area contributed by atoms with Gasteiger partial charge in [-0.25, -0.2) is 0 Å². The van der Waals surface area contributed by atoms with Gasteiger partial charge in [-0.05, 0) is 34.0 Å². The van der Waals surface area contributed by atoms with Gasteiger partial charge in [-0.15, -0.1) is 0 Å². The fraction of sp³-hybridized carbons (Fsp3) is 0.500. The predicted octanol–water partition coefficient (Wildman–Crippen LogP) is 2.27. The zero-order valence-electron chi connectivity index (χ0n) is 10.7. The van der Waals surface area contributed by atoms with E-state index >= 15 is 0 Å². The second-order valence-corrected chi connectivity index (χ2v) is 4.42. The van der Waals surface area contributed by atoms with Gasteiger partial charge in [0.05, 0.1) is 4.92 Å². The maximum Gasteiger partial charge on any atom is 0.295 e. The minimum absolute atomic E-state index is 0.165. The predicted molar refractivity (Wildman–Crippen MR) is 69.5 cm³/mol. The molecule has 1 aromatic carbocycles. The first kappa shape index (κ1) is 13.4. The van der Waals surface area contributed by atoms with Crippen LogP contribution in [0.4, 0.5) is 11.4 Å². The molecule has 0 saturated heterocycles. The van der Waals surface area contributed by atoms with Crippen LogP contribution in [-0.4, -0.2) is 36.5 Å². The van der Waals surface area contributed by atoms with Crippen molar-refractivity contribution in [2.75, 3.05) is 26.0 Å². The molecule has 94 valence electrons. The topological polar surface area (TPSA) is 58.4 Å². The number of nitrogens with one attached hydrogen (secondary N) is 1. The molecule has 0 aromatic heterocycles. The van der Waals surface area contributed by atoms with Gasteiger partial charge in [0, 0.05) is 18.2 Å². The molecule has 0 aliphatic carbocycles. The minimum Gasteiger partial charge on any atom is -0.378 e. The third kappa shape index (κ3) is 3.42. The van der Waals surface area contributed by atoms with Gasteiger partial charge in [-0.1, -0.05) is 12.1 Å². The fourth-order valence-corrected chi connectivity index (χ4v) is 1.48. The summed E-state index contributed by atoms with van der Waals surface area (Å²) in [6.07, 6.45) is 0. The first-order chi connectivity index (χ1) is 7.93. The second kappa shape index (κ2) is 5.63. The number of nitrogens with zero attached hydrogens (tertiary/aromatic N) is 2. The maximum atomic E-state index is 11.0. The van der Waals surface area contributed by atoms with E-state index in [0.717, 1.165) is 0 Å². The largest absolute Gasteiger partial charge is 0.378 e. The monoisotopic (exact) mass is 237 g/mol. The third-order valence-electron chi connectivity index (χ3n) is 2.89. The van der Waals surface area contributed by atoms with E-state index in [-0.39, 0.29) is 10.6 Å². The van der Waals surface area contributed by atoms with Gasteiger partial charge in [0.2, 0.25) is 0 Å². The van der Waals surface area contributed by atoms with Crippen LogP contribution in [0.1, 0.15) is 12.5 Å². The molecule has 1 aromatic rings. The molecule has 1 N–H and O–H groups in total. The van der Waals surface area contributed by atoms with Gasteiger partial charge >= 0.3 is 0 Å². The minimum atomic E-state index is -0.335. The first-order valence-electron chi connectivity index (χ1n) is 5.57. The van der Waals surface area contributed by atoms with Crippen LogP contribution in [0.25, 0.3) is 0 Å². The number of hydrogen-bond donors (Lipinski definition) is 1. The normalized spacial score (nSPS) is 12.5. The number of likely N-dealkylation sites (N-methyl/N-ethyl adjacent to an activating group) is 1. The van der Waals surface area contributed by atoms with Crippen molar-refractivity contribution in [3.05, 3.63) is 33.9 Å². The van der Waals surface area contributed by atoms with E-state index in [1.165, 1.54) is 0 Å². The summed E-state index contributed by atoms with van der Waals surface area (Å²) in [4.78, 5) is 12.7. The lowest BCUT2D eigenvalue weighted by molar-refractivity contribution is -0.384. The molecule has 0 bridgehead atoms. The summed E-state index contributed by atoms with van der Waals surface area (Å²) in [5.41, 5.74) is 1.43. The van der Waals surface area contributed by atoms with E-state index in [1.807, 2.05) is 20.2 Å². The van der Waals surface area contributed by atoms with Gasteiger partial charge in [0.1, 0.15) is 5.69 Å². The van der Waals surface area contributed by atoms with Crippen molar-refractivity contribution in [3.63, 3.8) is 0 Å². The molecule has 0 heterocycles. The van der Waals surface area contributed by atoms with Crippen LogP contribution in [0.5, 0.6) is 0 Å². The lowest BCUT2D eigenvalue weighted by atomic mass is 10.1. The van der Waals surface area contributed by atoms with E-state index in [0.29, 0.717) is 23.8 Å². The number of nitro benzene ring substituents is 1. The Hall–Kier alpha value is -1.62. The number of benzene rings is 1. The number of rotatable bonds is 5. The highest BCUT2D eigenvalue weighted by Gasteiger charge is 2.17. The Labute approximate surface area is 102 Å². The van der Waals surface area contributed by atoms with Crippen molar-refractivity contribution < 1.29 is 4.92 Å². The lowest BCUT2D eigenvalue weighted by Crippen LogP contribution is -2.31. The smallest absolute Gasteiger partial charge is 0.295 e. The van der Waals surface area contributed by atoms with Crippen LogP contribution < -0.4 is 5.32 Å². The molecule has 0 aliphatic rings. The van der Waals surface area contributed by atoms with Crippen LogP contribution in [0.15, 0.2) is 18.2 Å². The van der Waals surface area contributed by atoms with Gasteiger partial charge in [0.25, 0.3) is 5.69 Å². The highest BCUT2D eigenvalue weighted by atomic mass is 16.6. The summed E-state index contributed by atoms with van der Waals surface area (Å²) in [6.45, 7) is 4.49. The molecule has 0 saturated carbocycles. The Kier molecular flexibility index (Phi) is 4.45. The summed E-state index contributed by atoms with van der Waals surface area (Å²) in [7, 11) is 3.97. The van der Waals surface area contributed by atoms with Crippen molar-refractivity contribution in [1.82, 2.24) is 4.90 Å². The molecule has 0 aliphatic heterocycles. The zero-order chi connectivity index (χ0) is 13.0. The first-order valence-corrected chi connectivity index (χ1v) is 5.57. The Morgan fingerprint density at radius 1 is 1.47 bits per heavy atom. The number of aryl methyl sites for hydroxylation is 1. The van der Waals surface area contributed by atoms with E-state index in [4.69, 9.17) is 0 Å². The van der Waals surface area contributed by atoms with Crippen molar-refractivity contribution >= 4 is 11.4 Å². The highest BCUT2D eigenvalue weighted by molar-refractivity contribution is 5.65. The number of para-hydroxylation sites is 1. The average molecular weight is 237 g/mol. The van der Waals surface area contributed by atoms with Crippen LogP contribution >= 0.6 is 0 Å². The average Bonchev–Trinajstić information content (AvgIpc) is 2.24. The fourth-order valence-electron chi connectivity index (χ4n) is 1.48. The highest BCUT2D eigenvalue weighted by Crippen LogP contribution is 2.27. The summed E-state index contributed by atoms with van der Waals surface area (Å²) < 4.78 is 0. The number of anilines is 1. The van der Waals surface area contributed by atoms with Crippen LogP contribution in [0.3, 0.4) is 0 Å². The molecule has 1 unspecified atom stereocenters. The molecule has 1 rings (SSSR count). The molecule has 0 radical (unpaired) electrons. The van der Waals surface area contributed by atoms with Crippen LogP contribution in [0.2, 0.25) is 0 Å². The molecule has 1 atom stereocenters. The van der Waals surface area contributed by atoms with Gasteiger partial charge in [0.15, 0.2) is 0 Å². The standard InChI is InChI=1S/C12H19N3O2/c1-9-6-5-7-11(12(9)15(16)17)13-8-10(2)14(3)4/h5-7,10,13H,8H2,1-4H3. The summed E-state index contributed by atoms with van der Waals surface area (Å²) in [5, 5.41) is 14.1. The zero-order valence-corrected chi connectivity index (χ0v) is 10.7. The molecule has 17 heavy (non-hydrogen) atoms. The molecular formula is C12H19N3O2. The summed E-state index contributed by atoms with van der Waals surface area (Å²) in [6, 6.07) is 5.63. The Morgan fingerprint density at radius 3 is 2.65 bits per heavy atom. The van der Waals surface area contributed by atoms with Crippen molar-refractivity contribution in [3.8, 4) is 0 Å². The van der Waals surface area contributed by atoms with Crippen LogP contribution in [0, 0.1) is 17.0 Å². The molecule has 0 fully saturated rings. The van der Waals surface area contributed by atoms with Gasteiger partial charge < -0.3 is 10.2 Å². The van der Waals surface area contributed by atoms with Crippen molar-refractivity contribution in [2.24, 2.45) is 0 Å².